The van der Waals surface area contributed by atoms with E-state index < -0.39 is 0 Å². The van der Waals surface area contributed by atoms with Crippen LogP contribution in [0.4, 0.5) is 0 Å². The lowest BCUT2D eigenvalue weighted by atomic mass is 10.2. The number of hydrogen-bond acceptors (Lipinski definition) is 2. The average molecular weight is 149 g/mol. The van der Waals surface area contributed by atoms with Crippen molar-refractivity contribution < 1.29 is 0 Å². The van der Waals surface area contributed by atoms with Crippen molar-refractivity contribution in [3.8, 4) is 0 Å². The van der Waals surface area contributed by atoms with Gasteiger partial charge in [-0.3, -0.25) is 0 Å². The molecule has 1 aliphatic rings. The maximum Gasteiger partial charge on any atom is 0.127 e. The number of nitrogens with zero attached hydrogens (tertiary/aromatic N) is 1. The van der Waals surface area contributed by atoms with Crippen molar-refractivity contribution in [3.05, 3.63) is 29.9 Å². The molecule has 0 saturated carbocycles. The van der Waals surface area contributed by atoms with E-state index in [4.69, 9.17) is 0 Å². The van der Waals surface area contributed by atoms with Crippen molar-refractivity contribution in [2.75, 3.05) is 6.54 Å². The third-order valence-electron chi connectivity index (χ3n) is 1.87. The first-order chi connectivity index (χ1) is 5.36. The Labute approximate surface area is 65.5 Å². The number of nitrogens with one attached hydrogen (secondary N) is 2. The summed E-state index contributed by atoms with van der Waals surface area (Å²) in [6.07, 6.45) is 5.82. The second-order valence-electron chi connectivity index (χ2n) is 2.85. The highest BCUT2D eigenvalue weighted by Crippen LogP contribution is 2.16. The lowest BCUT2D eigenvalue weighted by molar-refractivity contribution is 0.673. The normalized spacial score (nSPS) is 23.7. The molecule has 2 heterocycles. The van der Waals surface area contributed by atoms with Gasteiger partial charge in [0, 0.05) is 18.9 Å². The van der Waals surface area contributed by atoms with Gasteiger partial charge in [-0.05, 0) is 6.92 Å². The third-order valence-corrected chi connectivity index (χ3v) is 1.87. The molecule has 0 spiro atoms. The second-order valence-corrected chi connectivity index (χ2v) is 2.85. The fourth-order valence-corrected chi connectivity index (χ4v) is 1.30. The highest BCUT2D eigenvalue weighted by molar-refractivity contribution is 5.18. The van der Waals surface area contributed by atoms with Gasteiger partial charge in [0.25, 0.3) is 0 Å². The van der Waals surface area contributed by atoms with Crippen LogP contribution in [-0.2, 0) is 0 Å². The standard InChI is InChI=1S/C8H11N3/c1-6-4-7(11-5-6)8-9-2-3-10-8/h2-4,7,11H,5H2,1H3,(H,9,10). The van der Waals surface area contributed by atoms with E-state index >= 15 is 0 Å². The summed E-state index contributed by atoms with van der Waals surface area (Å²) in [6.45, 7) is 3.10. The second kappa shape index (κ2) is 2.51. The van der Waals surface area contributed by atoms with Crippen molar-refractivity contribution in [3.63, 3.8) is 0 Å². The Morgan fingerprint density at radius 2 is 2.55 bits per heavy atom. The Bertz CT molecular complexity index is 261. The summed E-state index contributed by atoms with van der Waals surface area (Å²) in [6, 6.07) is 0.296. The van der Waals surface area contributed by atoms with Gasteiger partial charge in [-0.1, -0.05) is 11.6 Å². The maximum absolute atomic E-state index is 4.17. The molecule has 0 radical (unpaired) electrons. The van der Waals surface area contributed by atoms with Gasteiger partial charge in [0.15, 0.2) is 0 Å². The summed E-state index contributed by atoms with van der Waals surface area (Å²) in [5.74, 6) is 1.00. The number of imidazole rings is 1. The number of rotatable bonds is 1. The molecule has 2 rings (SSSR count). The minimum atomic E-state index is 0.296. The average Bonchev–Trinajstić information content (AvgIpc) is 2.55. The first-order valence-electron chi connectivity index (χ1n) is 3.76. The topological polar surface area (TPSA) is 40.7 Å². The molecule has 1 unspecified atom stereocenters. The van der Waals surface area contributed by atoms with Gasteiger partial charge < -0.3 is 10.3 Å². The molecule has 3 heteroatoms. The van der Waals surface area contributed by atoms with Crippen molar-refractivity contribution in [1.29, 1.82) is 0 Å². The quantitative estimate of drug-likeness (QED) is 0.585. The van der Waals surface area contributed by atoms with E-state index in [1.807, 2.05) is 6.20 Å². The Kier molecular flexibility index (Phi) is 1.51. The lowest BCUT2D eigenvalue weighted by Gasteiger charge is -2.03. The lowest BCUT2D eigenvalue weighted by Crippen LogP contribution is -2.15. The van der Waals surface area contributed by atoms with Crippen molar-refractivity contribution >= 4 is 0 Å². The van der Waals surface area contributed by atoms with Gasteiger partial charge in [0.05, 0.1) is 6.04 Å². The fourth-order valence-electron chi connectivity index (χ4n) is 1.30. The number of H-pyrrole nitrogens is 1. The molecule has 58 valence electrons. The zero-order chi connectivity index (χ0) is 7.68. The highest BCUT2D eigenvalue weighted by atomic mass is 15.0. The predicted octanol–water partition coefficient (Wildman–Crippen LogP) is 1.00. The molecule has 0 fully saturated rings. The summed E-state index contributed by atoms with van der Waals surface area (Å²) in [7, 11) is 0. The van der Waals surface area contributed by atoms with Crippen LogP contribution in [0.15, 0.2) is 24.0 Å². The van der Waals surface area contributed by atoms with Crippen LogP contribution >= 0.6 is 0 Å². The molecule has 1 aromatic rings. The molecule has 1 aliphatic heterocycles. The van der Waals surface area contributed by atoms with Gasteiger partial charge >= 0.3 is 0 Å². The summed E-state index contributed by atoms with van der Waals surface area (Å²) in [5, 5.41) is 3.32. The maximum atomic E-state index is 4.17. The molecular weight excluding hydrogens is 138 g/mol. The minimum absolute atomic E-state index is 0.296. The first kappa shape index (κ1) is 6.61. The van der Waals surface area contributed by atoms with Crippen molar-refractivity contribution in [2.24, 2.45) is 0 Å². The zero-order valence-electron chi connectivity index (χ0n) is 6.46. The van der Waals surface area contributed by atoms with Gasteiger partial charge in [0.1, 0.15) is 5.82 Å². The monoisotopic (exact) mass is 149 g/mol. The molecule has 1 aromatic heterocycles. The molecule has 0 amide bonds. The Hall–Kier alpha value is -1.09. The Morgan fingerprint density at radius 1 is 1.64 bits per heavy atom. The molecule has 1 atom stereocenters. The van der Waals surface area contributed by atoms with Crippen molar-refractivity contribution in [2.45, 2.75) is 13.0 Å². The van der Waals surface area contributed by atoms with Crippen LogP contribution in [0.1, 0.15) is 18.8 Å². The molecule has 0 bridgehead atoms. The van der Waals surface area contributed by atoms with E-state index in [2.05, 4.69) is 28.3 Å². The summed E-state index contributed by atoms with van der Waals surface area (Å²) >= 11 is 0. The summed E-state index contributed by atoms with van der Waals surface area (Å²) < 4.78 is 0. The van der Waals surface area contributed by atoms with Crippen LogP contribution in [0.2, 0.25) is 0 Å². The summed E-state index contributed by atoms with van der Waals surface area (Å²) in [5.41, 5.74) is 1.38. The van der Waals surface area contributed by atoms with Crippen LogP contribution < -0.4 is 5.32 Å². The fraction of sp³-hybridized carbons (Fsp3) is 0.375. The third kappa shape index (κ3) is 1.19. The first-order valence-corrected chi connectivity index (χ1v) is 3.76. The van der Waals surface area contributed by atoms with Gasteiger partial charge in [-0.25, -0.2) is 4.98 Å². The van der Waals surface area contributed by atoms with Crippen LogP contribution in [0.5, 0.6) is 0 Å². The Morgan fingerprint density at radius 3 is 3.09 bits per heavy atom. The molecule has 3 nitrogen and oxygen atoms in total. The van der Waals surface area contributed by atoms with E-state index in [9.17, 15) is 0 Å². The molecule has 11 heavy (non-hydrogen) atoms. The van der Waals surface area contributed by atoms with E-state index in [1.165, 1.54) is 5.57 Å². The molecular formula is C8H11N3. The Balaban J connectivity index is 2.20. The predicted molar refractivity (Wildman–Crippen MR) is 43.1 cm³/mol. The number of hydrogen-bond donors (Lipinski definition) is 2. The zero-order valence-corrected chi connectivity index (χ0v) is 6.46. The largest absolute Gasteiger partial charge is 0.347 e. The smallest absolute Gasteiger partial charge is 0.127 e. The molecule has 0 aromatic carbocycles. The van der Waals surface area contributed by atoms with Crippen LogP contribution in [0, 0.1) is 0 Å². The minimum Gasteiger partial charge on any atom is -0.347 e. The van der Waals surface area contributed by atoms with E-state index in [0.717, 1.165) is 12.4 Å². The highest BCUT2D eigenvalue weighted by Gasteiger charge is 2.15. The molecule has 0 saturated heterocycles. The molecule has 0 aliphatic carbocycles. The summed E-state index contributed by atoms with van der Waals surface area (Å²) in [4.78, 5) is 7.25. The van der Waals surface area contributed by atoms with E-state index in [0.29, 0.717) is 6.04 Å². The van der Waals surface area contributed by atoms with E-state index in [-0.39, 0.29) is 0 Å². The van der Waals surface area contributed by atoms with Gasteiger partial charge in [0.2, 0.25) is 0 Å². The SMILES string of the molecule is CC1=CC(c2ncc[nH]2)NC1. The van der Waals surface area contributed by atoms with Crippen LogP contribution in [-0.4, -0.2) is 16.5 Å². The van der Waals surface area contributed by atoms with Crippen LogP contribution in [0.3, 0.4) is 0 Å². The number of aromatic amines is 1. The molecule has 2 N–H and O–H groups in total. The van der Waals surface area contributed by atoms with Crippen LogP contribution in [0.25, 0.3) is 0 Å². The van der Waals surface area contributed by atoms with E-state index in [1.54, 1.807) is 6.20 Å². The van der Waals surface area contributed by atoms with Gasteiger partial charge in [-0.15, -0.1) is 0 Å². The van der Waals surface area contributed by atoms with Gasteiger partial charge in [-0.2, -0.15) is 0 Å². The van der Waals surface area contributed by atoms with Crippen molar-refractivity contribution in [1.82, 2.24) is 15.3 Å². The number of aromatic nitrogens is 2.